The molecule has 0 saturated carbocycles. The van der Waals surface area contributed by atoms with Crippen molar-refractivity contribution in [3.63, 3.8) is 0 Å². The van der Waals surface area contributed by atoms with Crippen LogP contribution in [0, 0.1) is 0 Å². The predicted molar refractivity (Wildman–Crippen MR) is 118 cm³/mol. The van der Waals surface area contributed by atoms with E-state index in [-0.39, 0.29) is 0 Å². The van der Waals surface area contributed by atoms with Crippen molar-refractivity contribution >= 4 is 44.5 Å². The highest BCUT2D eigenvalue weighted by atomic mass is 35.5. The summed E-state index contributed by atoms with van der Waals surface area (Å²) >= 11 is 6.03. The summed E-state index contributed by atoms with van der Waals surface area (Å²) in [6, 6.07) is 18.0. The first-order valence-electron chi connectivity index (χ1n) is 8.90. The monoisotopic (exact) mass is 440 g/mol. The van der Waals surface area contributed by atoms with Gasteiger partial charge in [0.05, 0.1) is 0 Å². The highest BCUT2D eigenvalue weighted by Gasteiger charge is 2.11. The van der Waals surface area contributed by atoms with Crippen LogP contribution in [0.1, 0.15) is 11.4 Å². The summed E-state index contributed by atoms with van der Waals surface area (Å²) in [5.41, 5.74) is 2.71. The van der Waals surface area contributed by atoms with E-state index in [1.165, 1.54) is 0 Å². The van der Waals surface area contributed by atoms with Gasteiger partial charge < -0.3 is 5.32 Å². The van der Waals surface area contributed by atoms with Gasteiger partial charge in [0, 0.05) is 28.2 Å². The fourth-order valence-electron chi connectivity index (χ4n) is 2.86. The zero-order chi connectivity index (χ0) is 21.1. The second-order valence-electron chi connectivity index (χ2n) is 6.43. The van der Waals surface area contributed by atoms with Crippen LogP contribution < -0.4 is 10.0 Å². The molecule has 2 heterocycles. The Morgan fingerprint density at radius 3 is 2.63 bits per heavy atom. The second-order valence-corrected chi connectivity index (χ2v) is 8.49. The van der Waals surface area contributed by atoms with Crippen molar-refractivity contribution in [1.29, 1.82) is 0 Å². The molecule has 0 aliphatic carbocycles. The summed E-state index contributed by atoms with van der Waals surface area (Å²) < 4.78 is 27.5. The van der Waals surface area contributed by atoms with E-state index in [1.54, 1.807) is 40.9 Å². The summed E-state index contributed by atoms with van der Waals surface area (Å²) in [7, 11) is -3.57. The average Bonchev–Trinajstić information content (AvgIpc) is 3.10. The Morgan fingerprint density at radius 2 is 1.83 bits per heavy atom. The first-order chi connectivity index (χ1) is 14.4. The number of benzene rings is 2. The lowest BCUT2D eigenvalue weighted by Crippen LogP contribution is -2.08. The number of aromatic nitrogens is 4. The Hall–Kier alpha value is -3.43. The summed E-state index contributed by atoms with van der Waals surface area (Å²) in [5.74, 6) is 1.22. The summed E-state index contributed by atoms with van der Waals surface area (Å²) in [6.45, 7) is 3.30. The van der Waals surface area contributed by atoms with Gasteiger partial charge in [-0.05, 0) is 48.0 Å². The molecule has 4 aromatic rings. The van der Waals surface area contributed by atoms with Gasteiger partial charge in [-0.25, -0.2) is 8.42 Å². The van der Waals surface area contributed by atoms with Gasteiger partial charge in [-0.15, -0.1) is 15.3 Å². The lowest BCUT2D eigenvalue weighted by Gasteiger charge is -2.08. The molecule has 2 N–H and O–H groups in total. The molecular formula is C20H17ClN6O2S. The average molecular weight is 441 g/mol. The molecule has 2 aromatic heterocycles. The first kappa shape index (κ1) is 19.9. The Balaban J connectivity index is 1.60. The van der Waals surface area contributed by atoms with Crippen LogP contribution in [0.2, 0.25) is 5.02 Å². The van der Waals surface area contributed by atoms with Crippen LogP contribution in [0.3, 0.4) is 0 Å². The maximum atomic E-state index is 11.7. The molecule has 0 saturated heterocycles. The summed E-state index contributed by atoms with van der Waals surface area (Å²) in [5, 5.41) is 17.6. The highest BCUT2D eigenvalue weighted by molar-refractivity contribution is 7.95. The molecule has 0 atom stereocenters. The van der Waals surface area contributed by atoms with E-state index in [0.29, 0.717) is 34.4 Å². The predicted octanol–water partition coefficient (Wildman–Crippen LogP) is 4.00. The SMILES string of the molecule is C=CS(=O)(=O)Nc1cccc(Cc2nnc3ccc(Nc4cccc(Cl)c4)nn23)c1. The van der Waals surface area contributed by atoms with Crippen LogP contribution in [0.15, 0.2) is 72.7 Å². The molecule has 4 rings (SSSR count). The van der Waals surface area contributed by atoms with E-state index in [1.807, 2.05) is 24.3 Å². The quantitative estimate of drug-likeness (QED) is 0.450. The number of hydrogen-bond donors (Lipinski definition) is 2. The van der Waals surface area contributed by atoms with Crippen LogP contribution in [0.25, 0.3) is 5.65 Å². The summed E-state index contributed by atoms with van der Waals surface area (Å²) in [6.07, 6.45) is 0.415. The van der Waals surface area contributed by atoms with Gasteiger partial charge in [0.15, 0.2) is 17.3 Å². The molecule has 0 aliphatic heterocycles. The Morgan fingerprint density at radius 1 is 1.03 bits per heavy atom. The zero-order valence-electron chi connectivity index (χ0n) is 15.7. The molecule has 0 unspecified atom stereocenters. The first-order valence-corrected chi connectivity index (χ1v) is 10.8. The van der Waals surface area contributed by atoms with Gasteiger partial charge >= 0.3 is 0 Å². The van der Waals surface area contributed by atoms with Crippen molar-refractivity contribution in [3.8, 4) is 0 Å². The smallest absolute Gasteiger partial charge is 0.254 e. The molecule has 0 spiro atoms. The van der Waals surface area contributed by atoms with E-state index in [4.69, 9.17) is 11.6 Å². The fraction of sp³-hybridized carbons (Fsp3) is 0.0500. The van der Waals surface area contributed by atoms with Crippen LogP contribution in [0.4, 0.5) is 17.2 Å². The molecule has 0 radical (unpaired) electrons. The third kappa shape index (κ3) is 4.58. The van der Waals surface area contributed by atoms with Gasteiger partial charge in [0.1, 0.15) is 0 Å². The standard InChI is InChI=1S/C20H17ClN6O2S/c1-2-30(28,29)26-17-8-3-5-14(11-17)12-20-24-23-19-10-9-18(25-27(19)20)22-16-7-4-6-15(21)13-16/h2-11,13,26H,1,12H2,(H,22,25). The van der Waals surface area contributed by atoms with Crippen molar-refractivity contribution in [2.45, 2.75) is 6.42 Å². The maximum Gasteiger partial charge on any atom is 0.254 e. The molecule has 152 valence electrons. The maximum absolute atomic E-state index is 11.7. The number of nitrogens with zero attached hydrogens (tertiary/aromatic N) is 4. The Labute approximate surface area is 178 Å². The van der Waals surface area contributed by atoms with Crippen molar-refractivity contribution in [3.05, 3.63) is 89.1 Å². The molecule has 0 bridgehead atoms. The lowest BCUT2D eigenvalue weighted by atomic mass is 10.1. The normalized spacial score (nSPS) is 11.4. The minimum Gasteiger partial charge on any atom is -0.339 e. The van der Waals surface area contributed by atoms with Gasteiger partial charge in [0.25, 0.3) is 10.0 Å². The number of nitrogens with one attached hydrogen (secondary N) is 2. The Kier molecular flexibility index (Phi) is 5.39. The third-order valence-corrected chi connectivity index (χ3v) is 5.39. The molecule has 0 aliphatic rings. The third-order valence-electron chi connectivity index (χ3n) is 4.19. The topological polar surface area (TPSA) is 101 Å². The van der Waals surface area contributed by atoms with Crippen LogP contribution in [-0.2, 0) is 16.4 Å². The minimum atomic E-state index is -3.57. The zero-order valence-corrected chi connectivity index (χ0v) is 17.2. The number of halogens is 1. The van der Waals surface area contributed by atoms with E-state index in [0.717, 1.165) is 16.7 Å². The molecule has 10 heteroatoms. The highest BCUT2D eigenvalue weighted by Crippen LogP contribution is 2.20. The molecule has 0 amide bonds. The van der Waals surface area contributed by atoms with Crippen molar-refractivity contribution in [2.24, 2.45) is 0 Å². The Bertz CT molecular complexity index is 1340. The number of anilines is 3. The van der Waals surface area contributed by atoms with Crippen molar-refractivity contribution in [1.82, 2.24) is 19.8 Å². The van der Waals surface area contributed by atoms with Crippen LogP contribution in [0.5, 0.6) is 0 Å². The lowest BCUT2D eigenvalue weighted by molar-refractivity contribution is 0.609. The molecule has 8 nitrogen and oxygen atoms in total. The number of hydrogen-bond acceptors (Lipinski definition) is 6. The molecular weight excluding hydrogens is 424 g/mol. The van der Waals surface area contributed by atoms with E-state index >= 15 is 0 Å². The van der Waals surface area contributed by atoms with Crippen LogP contribution >= 0.6 is 11.6 Å². The fourth-order valence-corrected chi connectivity index (χ4v) is 3.59. The van der Waals surface area contributed by atoms with Gasteiger partial charge in [-0.2, -0.15) is 4.52 Å². The number of sulfonamides is 1. The van der Waals surface area contributed by atoms with Crippen LogP contribution in [-0.4, -0.2) is 28.2 Å². The van der Waals surface area contributed by atoms with Gasteiger partial charge in [0.2, 0.25) is 0 Å². The number of rotatable bonds is 7. The second kappa shape index (κ2) is 8.13. The van der Waals surface area contributed by atoms with E-state index < -0.39 is 10.0 Å². The largest absolute Gasteiger partial charge is 0.339 e. The number of fused-ring (bicyclic) bond motifs is 1. The van der Waals surface area contributed by atoms with E-state index in [2.05, 4.69) is 31.9 Å². The molecule has 2 aromatic carbocycles. The molecule has 0 fully saturated rings. The van der Waals surface area contributed by atoms with Gasteiger partial charge in [-0.3, -0.25) is 4.72 Å². The van der Waals surface area contributed by atoms with Crippen molar-refractivity contribution < 1.29 is 8.42 Å². The summed E-state index contributed by atoms with van der Waals surface area (Å²) in [4.78, 5) is 0. The molecule has 30 heavy (non-hydrogen) atoms. The van der Waals surface area contributed by atoms with E-state index in [9.17, 15) is 8.42 Å². The van der Waals surface area contributed by atoms with Gasteiger partial charge in [-0.1, -0.05) is 36.4 Å². The minimum absolute atomic E-state index is 0.415. The van der Waals surface area contributed by atoms with Crippen molar-refractivity contribution in [2.75, 3.05) is 10.0 Å².